The average Bonchev–Trinajstić information content (AvgIpc) is 2.75. The number of hydrogen-bond donors (Lipinski definition) is 0. The molecule has 0 aliphatic carbocycles. The van der Waals surface area contributed by atoms with E-state index in [2.05, 4.69) is 27.7 Å². The molecule has 0 heterocycles. The predicted molar refractivity (Wildman–Crippen MR) is 132 cm³/mol. The first-order valence-corrected chi connectivity index (χ1v) is 13.8. The van der Waals surface area contributed by atoms with Gasteiger partial charge in [-0.05, 0) is 25.3 Å². The molecule has 168 valence electrons. The fourth-order valence-electron chi connectivity index (χ4n) is 2.35. The Balaban J connectivity index is 3.23. The van der Waals surface area contributed by atoms with Crippen LogP contribution in [0, 0.1) is 0 Å². The summed E-state index contributed by atoms with van der Waals surface area (Å²) in [6, 6.07) is 9.48. The molecule has 5 nitrogen and oxygen atoms in total. The SMILES string of the molecule is CCOC(=O)CN(C(=O)OCc1ccccc1)C(P=S)(SC(C)CC)SC(C)CC. The van der Waals surface area contributed by atoms with Crippen molar-refractivity contribution >= 4 is 54.7 Å². The van der Waals surface area contributed by atoms with Crippen molar-refractivity contribution in [3.8, 4) is 0 Å². The molecule has 0 N–H and O–H groups in total. The van der Waals surface area contributed by atoms with Crippen LogP contribution in [0.15, 0.2) is 30.3 Å². The van der Waals surface area contributed by atoms with Crippen molar-refractivity contribution in [3.05, 3.63) is 35.9 Å². The quantitative estimate of drug-likeness (QED) is 0.184. The zero-order valence-corrected chi connectivity index (χ0v) is 21.7. The lowest BCUT2D eigenvalue weighted by Crippen LogP contribution is -2.48. The summed E-state index contributed by atoms with van der Waals surface area (Å²) in [6.07, 6.45) is 1.28. The number of amides is 1. The minimum absolute atomic E-state index is 0.130. The van der Waals surface area contributed by atoms with Crippen LogP contribution in [0.1, 0.15) is 53.0 Å². The molecule has 0 fully saturated rings. The highest BCUT2D eigenvalue weighted by Gasteiger charge is 2.44. The Hall–Kier alpha value is -0.820. The van der Waals surface area contributed by atoms with E-state index < -0.39 is 16.0 Å². The lowest BCUT2D eigenvalue weighted by Gasteiger charge is -2.40. The van der Waals surface area contributed by atoms with Crippen LogP contribution in [0.3, 0.4) is 0 Å². The van der Waals surface area contributed by atoms with Crippen LogP contribution in [0.5, 0.6) is 0 Å². The lowest BCUT2D eigenvalue weighted by atomic mass is 10.2. The Bertz CT molecular complexity index is 665. The van der Waals surface area contributed by atoms with Gasteiger partial charge in [-0.15, -0.1) is 23.5 Å². The van der Waals surface area contributed by atoms with Crippen LogP contribution in [0.4, 0.5) is 4.79 Å². The van der Waals surface area contributed by atoms with Crippen LogP contribution in [0.25, 0.3) is 0 Å². The summed E-state index contributed by atoms with van der Waals surface area (Å²) in [5.74, 6) is -0.466. The summed E-state index contributed by atoms with van der Waals surface area (Å²) in [5, 5.41) is 0.507. The molecule has 0 aromatic heterocycles. The van der Waals surface area contributed by atoms with Crippen LogP contribution in [0.2, 0.25) is 0 Å². The highest BCUT2D eigenvalue weighted by Crippen LogP contribution is 2.53. The van der Waals surface area contributed by atoms with E-state index in [1.165, 1.54) is 4.90 Å². The van der Waals surface area contributed by atoms with E-state index in [0.29, 0.717) is 7.36 Å². The molecule has 0 aliphatic heterocycles. The van der Waals surface area contributed by atoms with E-state index in [4.69, 9.17) is 21.3 Å². The first kappa shape index (κ1) is 27.2. The summed E-state index contributed by atoms with van der Waals surface area (Å²) >= 11 is 8.77. The molecule has 9 heteroatoms. The molecule has 0 spiro atoms. The van der Waals surface area contributed by atoms with Crippen molar-refractivity contribution in [1.29, 1.82) is 0 Å². The van der Waals surface area contributed by atoms with E-state index >= 15 is 0 Å². The number of rotatable bonds is 13. The number of carbonyl (C=O) groups excluding carboxylic acids is 2. The second kappa shape index (κ2) is 14.3. The van der Waals surface area contributed by atoms with Crippen molar-refractivity contribution in [2.24, 2.45) is 0 Å². The molecule has 1 aromatic carbocycles. The zero-order valence-electron chi connectivity index (χ0n) is 18.3. The summed E-state index contributed by atoms with van der Waals surface area (Å²) in [4.78, 5) is 27.1. The van der Waals surface area contributed by atoms with Gasteiger partial charge in [0.2, 0.25) is 0 Å². The molecule has 30 heavy (non-hydrogen) atoms. The number of ether oxygens (including phenoxy) is 2. The Morgan fingerprint density at radius 1 is 1.07 bits per heavy atom. The van der Waals surface area contributed by atoms with Gasteiger partial charge in [0.1, 0.15) is 13.2 Å². The Morgan fingerprint density at radius 3 is 2.10 bits per heavy atom. The molecular formula is C21H32NO4PS3. The highest BCUT2D eigenvalue weighted by atomic mass is 32.4. The second-order valence-corrected chi connectivity index (χ2v) is 12.2. The molecule has 2 atom stereocenters. The van der Waals surface area contributed by atoms with Gasteiger partial charge in [0, 0.05) is 17.9 Å². The third-order valence-corrected chi connectivity index (χ3v) is 10.6. The van der Waals surface area contributed by atoms with Gasteiger partial charge in [0.05, 0.1) is 6.61 Å². The first-order valence-electron chi connectivity index (χ1n) is 10.2. The minimum atomic E-state index is -0.819. The lowest BCUT2D eigenvalue weighted by molar-refractivity contribution is -0.144. The fourth-order valence-corrected chi connectivity index (χ4v) is 8.22. The van der Waals surface area contributed by atoms with Crippen molar-refractivity contribution in [1.82, 2.24) is 4.90 Å². The molecule has 0 bridgehead atoms. The monoisotopic (exact) mass is 489 g/mol. The fraction of sp³-hybridized carbons (Fsp3) is 0.619. The van der Waals surface area contributed by atoms with Crippen molar-refractivity contribution < 1.29 is 19.1 Å². The maximum atomic E-state index is 13.2. The smallest absolute Gasteiger partial charge is 0.413 e. The summed E-state index contributed by atoms with van der Waals surface area (Å²) in [7, 11) is 0.566. The van der Waals surface area contributed by atoms with Gasteiger partial charge < -0.3 is 9.47 Å². The van der Waals surface area contributed by atoms with E-state index in [1.807, 2.05) is 30.3 Å². The molecule has 0 aliphatic rings. The third kappa shape index (κ3) is 8.74. The van der Waals surface area contributed by atoms with Crippen molar-refractivity contribution in [2.45, 2.75) is 68.5 Å². The molecular weight excluding hydrogens is 457 g/mol. The van der Waals surface area contributed by atoms with Crippen LogP contribution in [-0.4, -0.2) is 44.6 Å². The van der Waals surface area contributed by atoms with E-state index in [0.717, 1.165) is 18.4 Å². The van der Waals surface area contributed by atoms with Gasteiger partial charge in [-0.25, -0.2) is 4.79 Å². The summed E-state index contributed by atoms with van der Waals surface area (Å²) in [5.41, 5.74) is 0.882. The normalized spacial score (nSPS) is 15.1. The maximum Gasteiger partial charge on any atom is 0.413 e. The van der Waals surface area contributed by atoms with Gasteiger partial charge >= 0.3 is 12.1 Å². The van der Waals surface area contributed by atoms with Gasteiger partial charge in [-0.1, -0.05) is 69.8 Å². The zero-order chi connectivity index (χ0) is 22.6. The summed E-state index contributed by atoms with van der Waals surface area (Å²) in [6.45, 7) is 10.3. The number of esters is 1. The minimum Gasteiger partial charge on any atom is -0.465 e. The molecule has 1 amide bonds. The Kier molecular flexibility index (Phi) is 13.0. The molecule has 0 saturated heterocycles. The first-order chi connectivity index (χ1) is 14.3. The van der Waals surface area contributed by atoms with E-state index in [1.54, 1.807) is 30.4 Å². The Labute approximate surface area is 195 Å². The van der Waals surface area contributed by atoms with E-state index in [-0.39, 0.29) is 30.3 Å². The Morgan fingerprint density at radius 2 is 1.63 bits per heavy atom. The van der Waals surface area contributed by atoms with Gasteiger partial charge in [0.25, 0.3) is 0 Å². The maximum absolute atomic E-state index is 13.2. The average molecular weight is 490 g/mol. The molecule has 1 aromatic rings. The summed E-state index contributed by atoms with van der Waals surface area (Å²) < 4.78 is 9.93. The number of thioether (sulfide) groups is 2. The largest absolute Gasteiger partial charge is 0.465 e. The second-order valence-electron chi connectivity index (χ2n) is 6.74. The third-order valence-electron chi connectivity index (χ3n) is 4.33. The predicted octanol–water partition coefficient (Wildman–Crippen LogP) is 6.27. The standard InChI is InChI=1S/C21H32NO4PS3/c1-6-16(4)29-21(27-28,30-17(5)7-2)22(14-19(23)25-8-3)20(24)26-15-18-12-10-9-11-13-18/h9-13,16-17H,6-8,14-15H2,1-5H3. The van der Waals surface area contributed by atoms with Gasteiger partial charge in [-0.3, -0.25) is 9.69 Å². The van der Waals surface area contributed by atoms with Crippen LogP contribution < -0.4 is 0 Å². The van der Waals surface area contributed by atoms with E-state index in [9.17, 15) is 9.59 Å². The number of hydrogen-bond acceptors (Lipinski definition) is 7. The molecule has 1 rings (SSSR count). The van der Waals surface area contributed by atoms with Gasteiger partial charge in [0.15, 0.2) is 3.94 Å². The topological polar surface area (TPSA) is 55.8 Å². The number of nitrogens with zero attached hydrogens (tertiary/aromatic N) is 1. The molecule has 2 unspecified atom stereocenters. The molecule has 0 radical (unpaired) electrons. The van der Waals surface area contributed by atoms with Gasteiger partial charge in [-0.2, -0.15) is 0 Å². The number of benzene rings is 1. The van der Waals surface area contributed by atoms with Crippen LogP contribution in [-0.2, 0) is 32.7 Å². The van der Waals surface area contributed by atoms with Crippen molar-refractivity contribution in [2.75, 3.05) is 13.2 Å². The number of carbonyl (C=O) groups is 2. The highest BCUT2D eigenvalue weighted by molar-refractivity contribution is 8.27. The molecule has 0 saturated carbocycles. The van der Waals surface area contributed by atoms with Crippen LogP contribution >= 0.6 is 30.9 Å². The van der Waals surface area contributed by atoms with Crippen molar-refractivity contribution in [3.63, 3.8) is 0 Å².